The zero-order chi connectivity index (χ0) is 39.3. The molecule has 18 nitrogen and oxygen atoms in total. The number of hydrogen-bond acceptors (Lipinski definition) is 16. The molecule has 0 spiro atoms. The molecule has 5 atom stereocenters. The van der Waals surface area contributed by atoms with E-state index in [2.05, 4.69) is 0 Å². The van der Waals surface area contributed by atoms with E-state index in [0.29, 0.717) is 0 Å². The first kappa shape index (κ1) is 36.7. The van der Waals surface area contributed by atoms with Crippen LogP contribution in [0.1, 0.15) is 61.4 Å². The van der Waals surface area contributed by atoms with Crippen LogP contribution in [0.4, 0.5) is 0 Å². The van der Waals surface area contributed by atoms with Gasteiger partial charge < -0.3 is 70.4 Å². The molecular formula is C36H30O18. The maximum atomic E-state index is 13.4. The minimum Gasteiger partial charge on any atom is -0.508 e. The van der Waals surface area contributed by atoms with E-state index in [1.807, 2.05) is 0 Å². The molecule has 11 N–H and O–H groups in total. The lowest BCUT2D eigenvalue weighted by Crippen LogP contribution is -2.45. The second-order valence-corrected chi connectivity index (χ2v) is 12.6. The lowest BCUT2D eigenvalue weighted by molar-refractivity contribution is -0.138. The summed E-state index contributed by atoms with van der Waals surface area (Å²) in [4.78, 5) is 51.9. The number of aliphatic hydroxyl groups excluding tert-OH is 1. The van der Waals surface area contributed by atoms with Crippen molar-refractivity contribution >= 4 is 17.9 Å². The van der Waals surface area contributed by atoms with Gasteiger partial charge in [-0.15, -0.1) is 0 Å². The van der Waals surface area contributed by atoms with Crippen LogP contribution in [0.15, 0.2) is 53.3 Å². The van der Waals surface area contributed by atoms with Crippen LogP contribution in [0.2, 0.25) is 0 Å². The van der Waals surface area contributed by atoms with Crippen LogP contribution in [0.3, 0.4) is 0 Å². The summed E-state index contributed by atoms with van der Waals surface area (Å²) in [6.07, 6.45) is -8.36. The van der Waals surface area contributed by atoms with Crippen molar-refractivity contribution in [1.82, 2.24) is 0 Å². The monoisotopic (exact) mass is 750 g/mol. The Kier molecular flexibility index (Phi) is 9.38. The largest absolute Gasteiger partial charge is 0.508 e. The average molecular weight is 751 g/mol. The van der Waals surface area contributed by atoms with E-state index in [-0.39, 0.29) is 34.6 Å². The number of carboxylic acids is 2. The van der Waals surface area contributed by atoms with Crippen LogP contribution in [0.25, 0.3) is 0 Å². The lowest BCUT2D eigenvalue weighted by atomic mass is 9.81. The van der Waals surface area contributed by atoms with Gasteiger partial charge in [0.2, 0.25) is 5.43 Å². The standard InChI is InChI=1S/C36H30O18/c37-14-5-20(39)18-9-25(44)33(52-26(18)7-14)12-1-16(30(35(49)50)32(48)24(43)2-12)17(11-29(45)46)34-28(10-19-21(40)6-15(38)8-27(19)53-34)54-36(51)13-3-22(41)31(47)23(42)4-13/h1-8,17,25,28,33-34,37-42,44,47H,9-11H2,(H,43,48)(H,45,46)(H,49,50)/t17?,25-,28-,33?,34-/m1/s1. The fourth-order valence-corrected chi connectivity index (χ4v) is 6.64. The molecule has 4 aromatic rings. The van der Waals surface area contributed by atoms with E-state index >= 15 is 0 Å². The number of aromatic hydroxyl groups is 8. The minimum absolute atomic E-state index is 0.0568. The third-order valence-electron chi connectivity index (χ3n) is 9.07. The average Bonchev–Trinajstić information content (AvgIpc) is 3.21. The Labute approximate surface area is 301 Å². The Morgan fingerprint density at radius 2 is 1.30 bits per heavy atom. The third kappa shape index (κ3) is 6.80. The third-order valence-corrected chi connectivity index (χ3v) is 9.07. The number of rotatable bonds is 8. The number of hydrogen-bond donors (Lipinski definition) is 11. The first-order valence-corrected chi connectivity index (χ1v) is 15.9. The van der Waals surface area contributed by atoms with Gasteiger partial charge >= 0.3 is 17.9 Å². The number of carbonyl (C=O) groups excluding carboxylic acids is 1. The van der Waals surface area contributed by atoms with E-state index in [1.54, 1.807) is 0 Å². The number of ether oxygens (including phenoxy) is 3. The van der Waals surface area contributed by atoms with Gasteiger partial charge in [0.15, 0.2) is 23.0 Å². The SMILES string of the molecule is O=C(O)CC(c1cc(C2Oc3cc(O)cc(O)c3C[C@H]2O)cc(=O)c(O)c1C(=O)O)[C@H]1Oc2cc(O)cc(O)c2C[C@H]1OC(=O)c1cc(O)c(O)c(O)c1. The second-order valence-electron chi connectivity index (χ2n) is 12.6. The summed E-state index contributed by atoms with van der Waals surface area (Å²) in [6, 6.07) is 7.24. The molecule has 2 aliphatic rings. The summed E-state index contributed by atoms with van der Waals surface area (Å²) in [6.45, 7) is 0. The molecule has 2 aliphatic heterocycles. The Morgan fingerprint density at radius 3 is 1.87 bits per heavy atom. The van der Waals surface area contributed by atoms with Crippen molar-refractivity contribution in [2.45, 2.75) is 49.6 Å². The number of carbonyl (C=O) groups is 3. The number of aliphatic hydroxyl groups is 1. The molecule has 2 heterocycles. The van der Waals surface area contributed by atoms with Gasteiger partial charge in [-0.05, 0) is 29.3 Å². The second kappa shape index (κ2) is 13.8. The number of aromatic carboxylic acids is 1. The summed E-state index contributed by atoms with van der Waals surface area (Å²) in [5.74, 6) is -13.0. The Balaban J connectivity index is 1.54. The highest BCUT2D eigenvalue weighted by atomic mass is 16.6. The van der Waals surface area contributed by atoms with Crippen LogP contribution in [-0.2, 0) is 22.4 Å². The summed E-state index contributed by atoms with van der Waals surface area (Å²) >= 11 is 0. The van der Waals surface area contributed by atoms with E-state index in [9.17, 15) is 75.3 Å². The number of aliphatic carboxylic acids is 1. The number of fused-ring (bicyclic) bond motifs is 2. The fourth-order valence-electron chi connectivity index (χ4n) is 6.64. The number of esters is 1. The minimum atomic E-state index is -1.92. The van der Waals surface area contributed by atoms with Crippen LogP contribution in [0.5, 0.6) is 57.5 Å². The smallest absolute Gasteiger partial charge is 0.339 e. The molecule has 282 valence electrons. The van der Waals surface area contributed by atoms with Gasteiger partial charge in [-0.3, -0.25) is 9.59 Å². The van der Waals surface area contributed by atoms with Gasteiger partial charge in [0.1, 0.15) is 58.4 Å². The van der Waals surface area contributed by atoms with Crippen molar-refractivity contribution in [1.29, 1.82) is 0 Å². The summed E-state index contributed by atoms with van der Waals surface area (Å²) in [7, 11) is 0. The fraction of sp³-hybridized carbons (Fsp3) is 0.222. The molecule has 54 heavy (non-hydrogen) atoms. The van der Waals surface area contributed by atoms with E-state index in [0.717, 1.165) is 48.5 Å². The van der Waals surface area contributed by atoms with E-state index in [1.165, 1.54) is 0 Å². The molecule has 4 aromatic carbocycles. The van der Waals surface area contributed by atoms with Crippen LogP contribution in [0, 0.1) is 0 Å². The number of phenolic OH excluding ortho intramolecular Hbond substituents is 7. The van der Waals surface area contributed by atoms with Crippen molar-refractivity contribution in [2.24, 2.45) is 0 Å². The van der Waals surface area contributed by atoms with Gasteiger partial charge in [0.05, 0.1) is 18.1 Å². The number of phenols is 7. The summed E-state index contributed by atoms with van der Waals surface area (Å²) in [5, 5.41) is 113. The first-order chi connectivity index (χ1) is 25.4. The number of carboxylic acid groups (broad SMARTS) is 2. The van der Waals surface area contributed by atoms with Crippen LogP contribution >= 0.6 is 0 Å². The molecule has 6 rings (SSSR count). The normalized spacial score (nSPS) is 19.3. The molecule has 0 fully saturated rings. The molecule has 0 aliphatic carbocycles. The van der Waals surface area contributed by atoms with Crippen LogP contribution in [-0.4, -0.2) is 92.4 Å². The molecule has 0 radical (unpaired) electrons. The Hall–Kier alpha value is -7.08. The van der Waals surface area contributed by atoms with Gasteiger partial charge in [0.25, 0.3) is 0 Å². The van der Waals surface area contributed by atoms with Crippen molar-refractivity contribution < 1.29 is 84.8 Å². The maximum absolute atomic E-state index is 13.4. The highest BCUT2D eigenvalue weighted by Crippen LogP contribution is 2.46. The molecular weight excluding hydrogens is 720 g/mol. The first-order valence-electron chi connectivity index (χ1n) is 15.9. The van der Waals surface area contributed by atoms with Gasteiger partial charge in [-0.1, -0.05) is 6.07 Å². The summed E-state index contributed by atoms with van der Waals surface area (Å²) < 4.78 is 17.5. The topological polar surface area (TPSA) is 318 Å². The molecule has 0 aromatic heterocycles. The van der Waals surface area contributed by atoms with E-state index < -0.39 is 129 Å². The van der Waals surface area contributed by atoms with Crippen molar-refractivity contribution in [3.05, 3.63) is 92.1 Å². The van der Waals surface area contributed by atoms with Crippen LogP contribution < -0.4 is 14.9 Å². The predicted molar refractivity (Wildman–Crippen MR) is 178 cm³/mol. The predicted octanol–water partition coefficient (Wildman–Crippen LogP) is 2.21. The van der Waals surface area contributed by atoms with E-state index in [4.69, 9.17) is 14.2 Å². The van der Waals surface area contributed by atoms with Crippen molar-refractivity contribution in [2.75, 3.05) is 0 Å². The van der Waals surface area contributed by atoms with Gasteiger partial charge in [-0.2, -0.15) is 0 Å². The molecule has 0 saturated carbocycles. The Bertz CT molecular complexity index is 2260. The van der Waals surface area contributed by atoms with Gasteiger partial charge in [-0.25, -0.2) is 9.59 Å². The number of benzene rings is 3. The Morgan fingerprint density at radius 1 is 0.722 bits per heavy atom. The highest BCUT2D eigenvalue weighted by Gasteiger charge is 2.44. The quantitative estimate of drug-likeness (QED) is 0.0908. The molecule has 0 bridgehead atoms. The van der Waals surface area contributed by atoms with Crippen molar-refractivity contribution in [3.63, 3.8) is 0 Å². The molecule has 18 heteroatoms. The van der Waals surface area contributed by atoms with Gasteiger partial charge in [0, 0.05) is 54.2 Å². The lowest BCUT2D eigenvalue weighted by Gasteiger charge is -2.38. The highest BCUT2D eigenvalue weighted by molar-refractivity contribution is 5.93. The molecule has 0 amide bonds. The maximum Gasteiger partial charge on any atom is 0.339 e. The molecule has 0 saturated heterocycles. The zero-order valence-electron chi connectivity index (χ0n) is 27.4. The molecule has 2 unspecified atom stereocenters. The zero-order valence-corrected chi connectivity index (χ0v) is 27.4. The summed E-state index contributed by atoms with van der Waals surface area (Å²) in [5.41, 5.74) is -3.81. The van der Waals surface area contributed by atoms with Crippen molar-refractivity contribution in [3.8, 4) is 57.5 Å².